The molecule has 1 heterocycles. The van der Waals surface area contributed by atoms with E-state index in [1.54, 1.807) is 13.1 Å². The molecule has 2 aromatic rings. The number of nitro groups is 2. The summed E-state index contributed by atoms with van der Waals surface area (Å²) in [5.74, 6) is 0. The van der Waals surface area contributed by atoms with Gasteiger partial charge >= 0.3 is 0 Å². The van der Waals surface area contributed by atoms with Crippen LogP contribution >= 0.6 is 0 Å². The van der Waals surface area contributed by atoms with Gasteiger partial charge in [0.25, 0.3) is 11.4 Å². The molecule has 0 radical (unpaired) electrons. The van der Waals surface area contributed by atoms with Crippen LogP contribution in [0.5, 0.6) is 0 Å². The van der Waals surface area contributed by atoms with Crippen LogP contribution in [0.15, 0.2) is 30.5 Å². The van der Waals surface area contributed by atoms with Crippen molar-refractivity contribution in [3.63, 3.8) is 0 Å². The number of hydrogen-bond acceptors (Lipinski definition) is 5. The molecule has 92 valence electrons. The maximum Gasteiger partial charge on any atom is 0.276 e. The second kappa shape index (κ2) is 4.24. The first kappa shape index (κ1) is 11.7. The summed E-state index contributed by atoms with van der Waals surface area (Å²) in [6.07, 6.45) is 1.51. The van der Waals surface area contributed by atoms with Gasteiger partial charge < -0.3 is 0 Å². The second-order valence-corrected chi connectivity index (χ2v) is 3.59. The van der Waals surface area contributed by atoms with Gasteiger partial charge in [0, 0.05) is 30.9 Å². The molecule has 0 aliphatic rings. The van der Waals surface area contributed by atoms with Crippen LogP contribution in [-0.4, -0.2) is 19.6 Å². The lowest BCUT2D eigenvalue weighted by molar-refractivity contribution is -0.394. The van der Waals surface area contributed by atoms with Crippen molar-refractivity contribution in [3.05, 3.63) is 50.7 Å². The van der Waals surface area contributed by atoms with Crippen LogP contribution in [-0.2, 0) is 7.05 Å². The zero-order valence-electron chi connectivity index (χ0n) is 9.31. The van der Waals surface area contributed by atoms with E-state index in [0.29, 0.717) is 11.3 Å². The van der Waals surface area contributed by atoms with E-state index in [1.807, 2.05) is 0 Å². The summed E-state index contributed by atoms with van der Waals surface area (Å²) in [5.41, 5.74) is 0.318. The number of non-ortho nitro benzene ring substituents is 2. The second-order valence-electron chi connectivity index (χ2n) is 3.59. The topological polar surface area (TPSA) is 104 Å². The quantitative estimate of drug-likeness (QED) is 0.609. The Balaban J connectivity index is 2.64. The van der Waals surface area contributed by atoms with E-state index in [2.05, 4.69) is 5.10 Å². The molecule has 0 saturated carbocycles. The van der Waals surface area contributed by atoms with Crippen LogP contribution < -0.4 is 0 Å². The SMILES string of the molecule is Cn1nccc1-c1cc([N+](=O)[O-])cc([N+](=O)[O-])c1. The minimum atomic E-state index is -0.660. The van der Waals surface area contributed by atoms with Crippen molar-refractivity contribution < 1.29 is 9.85 Å². The molecule has 8 nitrogen and oxygen atoms in total. The number of rotatable bonds is 3. The monoisotopic (exact) mass is 248 g/mol. The number of nitrogens with zero attached hydrogens (tertiary/aromatic N) is 4. The Morgan fingerprint density at radius 1 is 1.11 bits per heavy atom. The predicted molar refractivity (Wildman–Crippen MR) is 62.0 cm³/mol. The molecule has 0 atom stereocenters. The van der Waals surface area contributed by atoms with Crippen molar-refractivity contribution in [1.82, 2.24) is 9.78 Å². The Morgan fingerprint density at radius 3 is 2.06 bits per heavy atom. The fourth-order valence-corrected chi connectivity index (χ4v) is 1.61. The maximum atomic E-state index is 10.7. The van der Waals surface area contributed by atoms with Crippen LogP contribution in [0.3, 0.4) is 0 Å². The number of aryl methyl sites for hydroxylation is 1. The summed E-state index contributed by atoms with van der Waals surface area (Å²) in [5, 5.41) is 25.4. The smallest absolute Gasteiger partial charge is 0.268 e. The third kappa shape index (κ3) is 2.03. The van der Waals surface area contributed by atoms with Gasteiger partial charge in [0.2, 0.25) is 0 Å². The Labute approximate surface area is 101 Å². The fraction of sp³-hybridized carbons (Fsp3) is 0.100. The van der Waals surface area contributed by atoms with E-state index in [4.69, 9.17) is 0 Å². The molecule has 2 rings (SSSR count). The number of aromatic nitrogens is 2. The van der Waals surface area contributed by atoms with Gasteiger partial charge in [0.05, 0.1) is 21.6 Å². The van der Waals surface area contributed by atoms with Gasteiger partial charge in [-0.2, -0.15) is 5.10 Å². The van der Waals surface area contributed by atoms with Gasteiger partial charge in [0.1, 0.15) is 0 Å². The lowest BCUT2D eigenvalue weighted by atomic mass is 10.1. The van der Waals surface area contributed by atoms with Crippen molar-refractivity contribution in [2.75, 3.05) is 0 Å². The zero-order chi connectivity index (χ0) is 13.3. The van der Waals surface area contributed by atoms with Crippen LogP contribution in [0.25, 0.3) is 11.3 Å². The van der Waals surface area contributed by atoms with E-state index in [-0.39, 0.29) is 11.4 Å². The minimum absolute atomic E-state index is 0.319. The molecule has 0 aliphatic carbocycles. The third-order valence-corrected chi connectivity index (χ3v) is 2.44. The highest BCUT2D eigenvalue weighted by molar-refractivity contribution is 5.66. The first-order valence-electron chi connectivity index (χ1n) is 4.91. The first-order chi connectivity index (χ1) is 8.49. The van der Waals surface area contributed by atoms with Gasteiger partial charge in [-0.1, -0.05) is 0 Å². The summed E-state index contributed by atoms with van der Waals surface area (Å²) < 4.78 is 1.49. The van der Waals surface area contributed by atoms with Crippen molar-refractivity contribution in [1.29, 1.82) is 0 Å². The Hall–Kier alpha value is -2.77. The fourth-order valence-electron chi connectivity index (χ4n) is 1.61. The highest BCUT2D eigenvalue weighted by Gasteiger charge is 2.18. The zero-order valence-corrected chi connectivity index (χ0v) is 9.31. The van der Waals surface area contributed by atoms with Crippen LogP contribution in [0.1, 0.15) is 0 Å². The average molecular weight is 248 g/mol. The molecular weight excluding hydrogens is 240 g/mol. The normalized spacial score (nSPS) is 10.3. The van der Waals surface area contributed by atoms with E-state index >= 15 is 0 Å². The van der Waals surface area contributed by atoms with Crippen LogP contribution in [0, 0.1) is 20.2 Å². The first-order valence-corrected chi connectivity index (χ1v) is 4.91. The average Bonchev–Trinajstić information content (AvgIpc) is 2.74. The van der Waals surface area contributed by atoms with Gasteiger partial charge in [-0.15, -0.1) is 0 Å². The third-order valence-electron chi connectivity index (χ3n) is 2.44. The molecule has 0 bridgehead atoms. The molecular formula is C10H8N4O4. The van der Waals surface area contributed by atoms with Crippen molar-refractivity contribution in [3.8, 4) is 11.3 Å². The standard InChI is InChI=1S/C10H8N4O4/c1-12-10(2-3-11-12)7-4-8(13(15)16)6-9(5-7)14(17)18/h2-6H,1H3. The highest BCUT2D eigenvalue weighted by atomic mass is 16.6. The minimum Gasteiger partial charge on any atom is -0.268 e. The number of benzene rings is 1. The highest BCUT2D eigenvalue weighted by Crippen LogP contribution is 2.29. The molecule has 18 heavy (non-hydrogen) atoms. The van der Waals surface area contributed by atoms with Crippen molar-refractivity contribution >= 4 is 11.4 Å². The summed E-state index contributed by atoms with van der Waals surface area (Å²) >= 11 is 0. The van der Waals surface area contributed by atoms with Gasteiger partial charge in [-0.25, -0.2) is 0 Å². The molecule has 0 unspecified atom stereocenters. The van der Waals surface area contributed by atoms with Gasteiger partial charge in [-0.3, -0.25) is 24.9 Å². The maximum absolute atomic E-state index is 10.7. The summed E-state index contributed by atoms with van der Waals surface area (Å²) in [7, 11) is 1.65. The number of hydrogen-bond donors (Lipinski definition) is 0. The lowest BCUT2D eigenvalue weighted by Crippen LogP contribution is -1.97. The Kier molecular flexibility index (Phi) is 2.76. The van der Waals surface area contributed by atoms with Crippen molar-refractivity contribution in [2.45, 2.75) is 0 Å². The number of nitro benzene ring substituents is 2. The Bertz CT molecular complexity index is 602. The molecule has 0 N–H and O–H groups in total. The van der Waals surface area contributed by atoms with E-state index in [0.717, 1.165) is 6.07 Å². The summed E-state index contributed by atoms with van der Waals surface area (Å²) in [6, 6.07) is 5.12. The van der Waals surface area contributed by atoms with E-state index < -0.39 is 9.85 Å². The molecule has 0 aliphatic heterocycles. The molecule has 0 saturated heterocycles. The molecule has 0 amide bonds. The van der Waals surface area contributed by atoms with Gasteiger partial charge in [-0.05, 0) is 6.07 Å². The molecule has 1 aromatic carbocycles. The molecule has 0 spiro atoms. The molecule has 8 heteroatoms. The molecule has 0 fully saturated rings. The van der Waals surface area contributed by atoms with Crippen molar-refractivity contribution in [2.24, 2.45) is 7.05 Å². The van der Waals surface area contributed by atoms with E-state index in [1.165, 1.54) is 23.0 Å². The Morgan fingerprint density at radius 2 is 1.67 bits per heavy atom. The largest absolute Gasteiger partial charge is 0.276 e. The molecule has 1 aromatic heterocycles. The summed E-state index contributed by atoms with van der Waals surface area (Å²) in [6.45, 7) is 0. The van der Waals surface area contributed by atoms with E-state index in [9.17, 15) is 20.2 Å². The lowest BCUT2D eigenvalue weighted by Gasteiger charge is -2.02. The van der Waals surface area contributed by atoms with Gasteiger partial charge in [0.15, 0.2) is 0 Å². The van der Waals surface area contributed by atoms with Crippen LogP contribution in [0.2, 0.25) is 0 Å². The van der Waals surface area contributed by atoms with Crippen LogP contribution in [0.4, 0.5) is 11.4 Å². The summed E-state index contributed by atoms with van der Waals surface area (Å²) in [4.78, 5) is 20.2. The predicted octanol–water partition coefficient (Wildman–Crippen LogP) is 1.90.